The van der Waals surface area contributed by atoms with Crippen LogP contribution in [-0.4, -0.2) is 26.4 Å². The van der Waals surface area contributed by atoms with Crippen molar-refractivity contribution in [2.75, 3.05) is 11.1 Å². The summed E-state index contributed by atoms with van der Waals surface area (Å²) in [7, 11) is 0. The average molecular weight is 519 g/mol. The molecule has 0 saturated carbocycles. The maximum atomic E-state index is 12.4. The molecule has 9 heteroatoms. The zero-order chi connectivity index (χ0) is 24.9. The molecule has 0 aliphatic rings. The second-order valence-corrected chi connectivity index (χ2v) is 10.5. The van der Waals surface area contributed by atoms with Crippen molar-refractivity contribution in [3.63, 3.8) is 0 Å². The van der Waals surface area contributed by atoms with Crippen molar-refractivity contribution in [1.82, 2.24) is 14.8 Å². The van der Waals surface area contributed by atoms with E-state index in [0.717, 1.165) is 5.75 Å². The number of anilines is 1. The molecular weight excluding hydrogens is 491 g/mol. The van der Waals surface area contributed by atoms with E-state index < -0.39 is 0 Å². The summed E-state index contributed by atoms with van der Waals surface area (Å²) in [5.74, 6) is 1.37. The summed E-state index contributed by atoms with van der Waals surface area (Å²) in [5.41, 5.74) is 1.89. The fourth-order valence-electron chi connectivity index (χ4n) is 3.20. The van der Waals surface area contributed by atoms with Crippen LogP contribution in [0, 0.1) is 0 Å². The van der Waals surface area contributed by atoms with Crippen LogP contribution in [0.3, 0.4) is 0 Å². The summed E-state index contributed by atoms with van der Waals surface area (Å²) in [5, 5.41) is 12.8. The topological polar surface area (TPSA) is 69.0 Å². The van der Waals surface area contributed by atoms with E-state index in [-0.39, 0.29) is 23.2 Å². The molecule has 3 rings (SSSR count). The average Bonchev–Trinajstić information content (AvgIpc) is 3.17. The molecule has 0 saturated heterocycles. The monoisotopic (exact) mass is 518 g/mol. The largest absolute Gasteiger partial charge is 0.483 e. The molecule has 6 nitrogen and oxygen atoms in total. The van der Waals surface area contributed by atoms with Crippen LogP contribution in [0.25, 0.3) is 0 Å². The quantitative estimate of drug-likeness (QED) is 0.245. The number of nitrogens with zero attached hydrogens (tertiary/aromatic N) is 3. The Bertz CT molecular complexity index is 1160. The first kappa shape index (κ1) is 26.1. The minimum atomic E-state index is -0.340. The van der Waals surface area contributed by atoms with Gasteiger partial charge in [-0.3, -0.25) is 9.36 Å². The maximum absolute atomic E-state index is 12.4. The summed E-state index contributed by atoms with van der Waals surface area (Å²) < 4.78 is 8.03. The number of halogens is 2. The number of carbonyl (C=O) groups excluding carboxylic acids is 1. The molecule has 1 unspecified atom stereocenters. The molecule has 1 heterocycles. The van der Waals surface area contributed by atoms with Crippen LogP contribution in [0.4, 0.5) is 5.69 Å². The minimum Gasteiger partial charge on any atom is -0.483 e. The van der Waals surface area contributed by atoms with Crippen LogP contribution in [-0.2, 0) is 16.8 Å². The summed E-state index contributed by atoms with van der Waals surface area (Å²) >= 11 is 13.2. The van der Waals surface area contributed by atoms with E-state index in [4.69, 9.17) is 27.9 Å². The Morgan fingerprint density at radius 2 is 1.88 bits per heavy atom. The van der Waals surface area contributed by atoms with Gasteiger partial charge in [-0.2, -0.15) is 0 Å². The second kappa shape index (κ2) is 11.3. The number of hydrogen-bond donors (Lipinski definition) is 1. The standard InChI is InChI=1S/C25H28Cl2N4O2S/c1-6-13-31-23(16(2)33-19-10-7-17(8-11-19)25(3,4)5)29-30-24(31)34-15-22(32)28-18-9-12-20(26)21(27)14-18/h6-12,14,16H,1,13,15H2,2-5H3,(H,28,32). The van der Waals surface area contributed by atoms with Crippen molar-refractivity contribution < 1.29 is 9.53 Å². The molecule has 1 amide bonds. The number of allylic oxidation sites excluding steroid dienone is 1. The van der Waals surface area contributed by atoms with E-state index in [1.54, 1.807) is 24.3 Å². The Balaban J connectivity index is 1.66. The third-order valence-corrected chi connectivity index (χ3v) is 6.70. The lowest BCUT2D eigenvalue weighted by Crippen LogP contribution is -2.15. The van der Waals surface area contributed by atoms with E-state index >= 15 is 0 Å². The van der Waals surface area contributed by atoms with Gasteiger partial charge < -0.3 is 10.1 Å². The van der Waals surface area contributed by atoms with Crippen molar-refractivity contribution in [3.8, 4) is 5.75 Å². The molecule has 0 fully saturated rings. The fraction of sp³-hybridized carbons (Fsp3) is 0.320. The van der Waals surface area contributed by atoms with Crippen LogP contribution in [0.15, 0.2) is 60.3 Å². The first-order valence-electron chi connectivity index (χ1n) is 10.8. The number of carbonyl (C=O) groups is 1. The molecule has 0 radical (unpaired) electrons. The maximum Gasteiger partial charge on any atom is 0.234 e. The Kier molecular flexibility index (Phi) is 8.68. The van der Waals surface area contributed by atoms with Crippen LogP contribution >= 0.6 is 35.0 Å². The number of rotatable bonds is 9. The highest BCUT2D eigenvalue weighted by Gasteiger charge is 2.20. The van der Waals surface area contributed by atoms with Gasteiger partial charge in [0.15, 0.2) is 17.1 Å². The van der Waals surface area contributed by atoms with Crippen molar-refractivity contribution in [2.45, 2.75) is 50.9 Å². The highest BCUT2D eigenvalue weighted by molar-refractivity contribution is 7.99. The van der Waals surface area contributed by atoms with E-state index in [2.05, 4.69) is 55.0 Å². The van der Waals surface area contributed by atoms with Crippen molar-refractivity contribution in [1.29, 1.82) is 0 Å². The number of benzene rings is 2. The molecule has 0 bridgehead atoms. The highest BCUT2D eigenvalue weighted by atomic mass is 35.5. The second-order valence-electron chi connectivity index (χ2n) is 8.74. The van der Waals surface area contributed by atoms with Crippen molar-refractivity contribution >= 4 is 46.6 Å². The van der Waals surface area contributed by atoms with Gasteiger partial charge in [0.1, 0.15) is 5.75 Å². The van der Waals surface area contributed by atoms with Gasteiger partial charge in [0.05, 0.1) is 15.8 Å². The van der Waals surface area contributed by atoms with Crippen LogP contribution in [0.5, 0.6) is 5.75 Å². The molecule has 0 aliphatic heterocycles. The summed E-state index contributed by atoms with van der Waals surface area (Å²) in [6, 6.07) is 13.0. The third kappa shape index (κ3) is 6.78. The fourth-order valence-corrected chi connectivity index (χ4v) is 4.25. The van der Waals surface area contributed by atoms with Crippen LogP contribution in [0.1, 0.15) is 45.2 Å². The predicted molar refractivity (Wildman–Crippen MR) is 140 cm³/mol. The molecule has 180 valence electrons. The number of ether oxygens (including phenoxy) is 1. The van der Waals surface area contributed by atoms with Crippen LogP contribution < -0.4 is 10.1 Å². The lowest BCUT2D eigenvalue weighted by atomic mass is 9.87. The molecule has 3 aromatic rings. The van der Waals surface area contributed by atoms with E-state index in [1.807, 2.05) is 23.6 Å². The molecule has 0 aliphatic carbocycles. The zero-order valence-corrected chi connectivity index (χ0v) is 22.0. The molecule has 1 atom stereocenters. The first-order chi connectivity index (χ1) is 16.1. The Morgan fingerprint density at radius 1 is 1.18 bits per heavy atom. The van der Waals surface area contributed by atoms with E-state index in [0.29, 0.717) is 33.3 Å². The van der Waals surface area contributed by atoms with E-state index in [1.165, 1.54) is 17.3 Å². The van der Waals surface area contributed by atoms with Gasteiger partial charge in [-0.05, 0) is 48.2 Å². The van der Waals surface area contributed by atoms with Gasteiger partial charge >= 0.3 is 0 Å². The molecule has 2 aromatic carbocycles. The lowest BCUT2D eigenvalue weighted by Gasteiger charge is -2.20. The minimum absolute atomic E-state index is 0.0759. The SMILES string of the molecule is C=CCn1c(SCC(=O)Nc2ccc(Cl)c(Cl)c2)nnc1C(C)Oc1ccc(C(C)(C)C)cc1. The molecule has 34 heavy (non-hydrogen) atoms. The molecule has 0 spiro atoms. The van der Waals surface area contributed by atoms with Gasteiger partial charge in [-0.15, -0.1) is 16.8 Å². The Labute approximate surface area is 214 Å². The van der Waals surface area contributed by atoms with Gasteiger partial charge in [0.25, 0.3) is 0 Å². The van der Waals surface area contributed by atoms with Crippen molar-refractivity contribution in [2.24, 2.45) is 0 Å². The normalized spacial score (nSPS) is 12.3. The first-order valence-corrected chi connectivity index (χ1v) is 12.5. The summed E-state index contributed by atoms with van der Waals surface area (Å²) in [6.45, 7) is 12.8. The highest BCUT2D eigenvalue weighted by Crippen LogP contribution is 2.28. The Morgan fingerprint density at radius 3 is 2.50 bits per heavy atom. The smallest absolute Gasteiger partial charge is 0.234 e. The number of nitrogens with one attached hydrogen (secondary N) is 1. The summed E-state index contributed by atoms with van der Waals surface area (Å²) in [4.78, 5) is 12.4. The Hall–Kier alpha value is -2.48. The van der Waals surface area contributed by atoms with Gasteiger partial charge in [0, 0.05) is 12.2 Å². The number of amides is 1. The summed E-state index contributed by atoms with van der Waals surface area (Å²) in [6.07, 6.45) is 1.42. The number of thioether (sulfide) groups is 1. The number of aromatic nitrogens is 3. The molecule has 1 N–H and O–H groups in total. The predicted octanol–water partition coefficient (Wildman–Crippen LogP) is 6.94. The van der Waals surface area contributed by atoms with E-state index in [9.17, 15) is 4.79 Å². The van der Waals surface area contributed by atoms with Gasteiger partial charge in [-0.1, -0.05) is 73.9 Å². The van der Waals surface area contributed by atoms with Gasteiger partial charge in [-0.25, -0.2) is 0 Å². The molecule has 1 aromatic heterocycles. The third-order valence-electron chi connectivity index (χ3n) is 4.99. The molecular formula is C25H28Cl2N4O2S. The zero-order valence-electron chi connectivity index (χ0n) is 19.6. The van der Waals surface area contributed by atoms with Crippen molar-refractivity contribution in [3.05, 3.63) is 76.6 Å². The number of hydrogen-bond acceptors (Lipinski definition) is 5. The van der Waals surface area contributed by atoms with Gasteiger partial charge in [0.2, 0.25) is 5.91 Å². The van der Waals surface area contributed by atoms with Crippen LogP contribution in [0.2, 0.25) is 10.0 Å². The lowest BCUT2D eigenvalue weighted by molar-refractivity contribution is -0.113.